The highest BCUT2D eigenvalue weighted by molar-refractivity contribution is 6.30. The number of halogens is 1. The molecule has 0 fully saturated rings. The molecule has 0 amide bonds. The van der Waals surface area contributed by atoms with Gasteiger partial charge in [0.2, 0.25) is 0 Å². The Hall–Kier alpha value is -2.06. The van der Waals surface area contributed by atoms with E-state index < -0.39 is 0 Å². The van der Waals surface area contributed by atoms with E-state index in [1.165, 1.54) is 5.56 Å². The van der Waals surface area contributed by atoms with E-state index in [0.717, 1.165) is 21.6 Å². The lowest BCUT2D eigenvalue weighted by Crippen LogP contribution is -2.06. The van der Waals surface area contributed by atoms with Gasteiger partial charge in [-0.3, -0.25) is 4.98 Å². The van der Waals surface area contributed by atoms with Crippen LogP contribution >= 0.6 is 11.6 Å². The van der Waals surface area contributed by atoms with Gasteiger partial charge in [0.1, 0.15) is 0 Å². The van der Waals surface area contributed by atoms with Crippen LogP contribution in [-0.4, -0.2) is 4.98 Å². The largest absolute Gasteiger partial charge is 0.378 e. The van der Waals surface area contributed by atoms with E-state index in [9.17, 15) is 0 Å². The van der Waals surface area contributed by atoms with E-state index in [4.69, 9.17) is 11.6 Å². The summed E-state index contributed by atoms with van der Waals surface area (Å²) in [6.07, 6.45) is 1.81. The molecule has 0 saturated heterocycles. The van der Waals surface area contributed by atoms with E-state index in [-0.39, 0.29) is 6.04 Å². The topological polar surface area (TPSA) is 24.9 Å². The standard InChI is InChI=1S/C17H15ClN2/c1-12(13-7-9-14(18)10-8-13)20-17-6-2-5-16-15(17)4-3-11-19-16/h2-12,20H,1H3. The number of nitrogens with one attached hydrogen (secondary N) is 1. The van der Waals surface area contributed by atoms with Crippen LogP contribution in [0.3, 0.4) is 0 Å². The van der Waals surface area contributed by atoms with Crippen molar-refractivity contribution in [2.75, 3.05) is 5.32 Å². The van der Waals surface area contributed by atoms with Gasteiger partial charge in [-0.05, 0) is 48.9 Å². The smallest absolute Gasteiger partial charge is 0.0722 e. The third kappa shape index (κ3) is 2.61. The van der Waals surface area contributed by atoms with Gasteiger partial charge in [-0.15, -0.1) is 0 Å². The monoisotopic (exact) mass is 282 g/mol. The van der Waals surface area contributed by atoms with Gasteiger partial charge < -0.3 is 5.32 Å². The summed E-state index contributed by atoms with van der Waals surface area (Å²) < 4.78 is 0. The van der Waals surface area contributed by atoms with Gasteiger partial charge in [0.05, 0.1) is 5.52 Å². The van der Waals surface area contributed by atoms with E-state index in [2.05, 4.69) is 29.4 Å². The van der Waals surface area contributed by atoms with Gasteiger partial charge in [-0.2, -0.15) is 0 Å². The maximum absolute atomic E-state index is 5.93. The van der Waals surface area contributed by atoms with Crippen LogP contribution in [0.4, 0.5) is 5.69 Å². The molecular formula is C17H15ClN2. The Balaban J connectivity index is 1.91. The zero-order valence-corrected chi connectivity index (χ0v) is 11.9. The summed E-state index contributed by atoms with van der Waals surface area (Å²) in [4.78, 5) is 4.38. The van der Waals surface area contributed by atoms with Gasteiger partial charge in [-0.1, -0.05) is 29.8 Å². The normalized spacial score (nSPS) is 12.3. The summed E-state index contributed by atoms with van der Waals surface area (Å²) in [5, 5.41) is 5.43. The third-order valence-corrected chi connectivity index (χ3v) is 3.64. The molecule has 1 unspecified atom stereocenters. The maximum Gasteiger partial charge on any atom is 0.0722 e. The number of rotatable bonds is 3. The molecule has 1 heterocycles. The van der Waals surface area contributed by atoms with Crippen molar-refractivity contribution in [3.8, 4) is 0 Å². The van der Waals surface area contributed by atoms with Gasteiger partial charge in [0, 0.05) is 28.3 Å². The Kier molecular flexibility index (Phi) is 3.57. The molecule has 0 radical (unpaired) electrons. The Morgan fingerprint density at radius 3 is 2.60 bits per heavy atom. The van der Waals surface area contributed by atoms with Crippen LogP contribution < -0.4 is 5.32 Å². The van der Waals surface area contributed by atoms with Crippen molar-refractivity contribution >= 4 is 28.2 Å². The first kappa shape index (κ1) is 12.9. The van der Waals surface area contributed by atoms with Crippen molar-refractivity contribution in [3.05, 3.63) is 71.4 Å². The molecule has 3 rings (SSSR count). The molecule has 20 heavy (non-hydrogen) atoms. The summed E-state index contributed by atoms with van der Waals surface area (Å²) in [6.45, 7) is 2.14. The van der Waals surface area contributed by atoms with Crippen LogP contribution in [0.1, 0.15) is 18.5 Å². The van der Waals surface area contributed by atoms with Gasteiger partial charge in [-0.25, -0.2) is 0 Å². The van der Waals surface area contributed by atoms with E-state index in [1.54, 1.807) is 0 Å². The van der Waals surface area contributed by atoms with Crippen LogP contribution in [0.2, 0.25) is 5.02 Å². The number of fused-ring (bicyclic) bond motifs is 1. The predicted molar refractivity (Wildman–Crippen MR) is 85.2 cm³/mol. The molecule has 1 N–H and O–H groups in total. The lowest BCUT2D eigenvalue weighted by Gasteiger charge is -2.17. The summed E-state index contributed by atoms with van der Waals surface area (Å²) in [7, 11) is 0. The number of aromatic nitrogens is 1. The molecule has 0 saturated carbocycles. The molecule has 1 atom stereocenters. The van der Waals surface area contributed by atoms with Crippen molar-refractivity contribution in [1.82, 2.24) is 4.98 Å². The molecule has 0 bridgehead atoms. The van der Waals surface area contributed by atoms with Crippen LogP contribution in [0.25, 0.3) is 10.9 Å². The Morgan fingerprint density at radius 1 is 1.00 bits per heavy atom. The summed E-state index contributed by atoms with van der Waals surface area (Å²) >= 11 is 5.93. The minimum atomic E-state index is 0.207. The fraction of sp³-hybridized carbons (Fsp3) is 0.118. The number of hydrogen-bond donors (Lipinski definition) is 1. The summed E-state index contributed by atoms with van der Waals surface area (Å²) in [6, 6.07) is 18.3. The van der Waals surface area contributed by atoms with Gasteiger partial charge in [0.25, 0.3) is 0 Å². The molecule has 2 nitrogen and oxygen atoms in total. The molecule has 100 valence electrons. The third-order valence-electron chi connectivity index (χ3n) is 3.39. The van der Waals surface area contributed by atoms with Crippen molar-refractivity contribution in [1.29, 1.82) is 0 Å². The first-order valence-electron chi connectivity index (χ1n) is 6.60. The highest BCUT2D eigenvalue weighted by atomic mass is 35.5. The number of hydrogen-bond acceptors (Lipinski definition) is 2. The quantitative estimate of drug-likeness (QED) is 0.726. The first-order chi connectivity index (χ1) is 9.74. The van der Waals surface area contributed by atoms with Crippen molar-refractivity contribution in [2.45, 2.75) is 13.0 Å². The van der Waals surface area contributed by atoms with E-state index in [1.807, 2.05) is 48.7 Å². The second-order valence-electron chi connectivity index (χ2n) is 4.79. The molecule has 3 aromatic rings. The fourth-order valence-corrected chi connectivity index (χ4v) is 2.42. The van der Waals surface area contributed by atoms with Gasteiger partial charge >= 0.3 is 0 Å². The maximum atomic E-state index is 5.93. The zero-order valence-electron chi connectivity index (χ0n) is 11.2. The highest BCUT2D eigenvalue weighted by Gasteiger charge is 2.07. The molecule has 1 aromatic heterocycles. The fourth-order valence-electron chi connectivity index (χ4n) is 2.30. The van der Waals surface area contributed by atoms with E-state index >= 15 is 0 Å². The van der Waals surface area contributed by atoms with Crippen LogP contribution in [0, 0.1) is 0 Å². The predicted octanol–water partition coefficient (Wildman–Crippen LogP) is 5.06. The van der Waals surface area contributed by atoms with Crippen molar-refractivity contribution in [3.63, 3.8) is 0 Å². The molecular weight excluding hydrogens is 268 g/mol. The first-order valence-corrected chi connectivity index (χ1v) is 6.97. The highest BCUT2D eigenvalue weighted by Crippen LogP contribution is 2.26. The average Bonchev–Trinajstić information content (AvgIpc) is 2.48. The van der Waals surface area contributed by atoms with E-state index in [0.29, 0.717) is 0 Å². The van der Waals surface area contributed by atoms with Crippen LogP contribution in [0.15, 0.2) is 60.8 Å². The second kappa shape index (κ2) is 5.51. The molecule has 0 aliphatic carbocycles. The summed E-state index contributed by atoms with van der Waals surface area (Å²) in [5.41, 5.74) is 3.30. The minimum Gasteiger partial charge on any atom is -0.378 e. The number of anilines is 1. The van der Waals surface area contributed by atoms with Crippen molar-refractivity contribution in [2.24, 2.45) is 0 Å². The molecule has 0 aliphatic heterocycles. The molecule has 0 spiro atoms. The Bertz CT molecular complexity index is 717. The number of nitrogens with zero attached hydrogens (tertiary/aromatic N) is 1. The SMILES string of the molecule is CC(Nc1cccc2ncccc12)c1ccc(Cl)cc1. The van der Waals surface area contributed by atoms with Crippen LogP contribution in [0.5, 0.6) is 0 Å². The molecule has 3 heteroatoms. The van der Waals surface area contributed by atoms with Crippen LogP contribution in [-0.2, 0) is 0 Å². The van der Waals surface area contributed by atoms with Gasteiger partial charge in [0.15, 0.2) is 0 Å². The average molecular weight is 283 g/mol. The molecule has 2 aromatic carbocycles. The number of benzene rings is 2. The number of pyridine rings is 1. The van der Waals surface area contributed by atoms with Crippen molar-refractivity contribution < 1.29 is 0 Å². The summed E-state index contributed by atoms with van der Waals surface area (Å²) in [5.74, 6) is 0. The Morgan fingerprint density at radius 2 is 1.80 bits per heavy atom. The lowest BCUT2D eigenvalue weighted by atomic mass is 10.1. The lowest BCUT2D eigenvalue weighted by molar-refractivity contribution is 0.887. The minimum absolute atomic E-state index is 0.207. The zero-order chi connectivity index (χ0) is 13.9. The molecule has 0 aliphatic rings. The Labute approximate surface area is 123 Å². The second-order valence-corrected chi connectivity index (χ2v) is 5.23.